The third-order valence-electron chi connectivity index (χ3n) is 5.74. The molecule has 0 saturated carbocycles. The van der Waals surface area contributed by atoms with Crippen LogP contribution in [0.1, 0.15) is 83.0 Å². The Hall–Kier alpha value is -2.18. The fourth-order valence-corrected chi connectivity index (χ4v) is 3.74. The van der Waals surface area contributed by atoms with Crippen molar-refractivity contribution in [2.75, 3.05) is 0 Å². The van der Waals surface area contributed by atoms with Crippen LogP contribution in [0, 0.1) is 6.92 Å². The summed E-state index contributed by atoms with van der Waals surface area (Å²) in [7, 11) is 1.54. The van der Waals surface area contributed by atoms with Crippen LogP contribution in [-0.4, -0.2) is 19.0 Å². The van der Waals surface area contributed by atoms with Gasteiger partial charge in [-0.1, -0.05) is 39.5 Å². The molecule has 0 aliphatic rings. The quantitative estimate of drug-likeness (QED) is 0.350. The standard InChI is InChI=1S/C23H40N5O2/c1-5-7-14-21-19-26(24-28(21)17-8-6-2)15-12-10-9-11-13-16-27-20(3)18-22(29)25(4)23(27)30/h18-19H,5-17H2,1-4H3/q+1. The second kappa shape index (κ2) is 12.5. The van der Waals surface area contributed by atoms with Gasteiger partial charge in [0.25, 0.3) is 5.56 Å². The Morgan fingerprint density at radius 2 is 1.63 bits per heavy atom. The summed E-state index contributed by atoms with van der Waals surface area (Å²) in [5, 5.41) is 4.78. The summed E-state index contributed by atoms with van der Waals surface area (Å²) in [6, 6.07) is 1.53. The Morgan fingerprint density at radius 1 is 0.933 bits per heavy atom. The molecule has 0 spiro atoms. The summed E-state index contributed by atoms with van der Waals surface area (Å²) in [6.45, 7) is 8.95. The molecule has 0 N–H and O–H groups in total. The maximum Gasteiger partial charge on any atom is 0.330 e. The van der Waals surface area contributed by atoms with E-state index < -0.39 is 0 Å². The fourth-order valence-electron chi connectivity index (χ4n) is 3.74. The van der Waals surface area contributed by atoms with Crippen molar-refractivity contribution in [2.24, 2.45) is 7.05 Å². The number of unbranched alkanes of at least 4 members (excludes halogenated alkanes) is 6. The van der Waals surface area contributed by atoms with Gasteiger partial charge in [0.15, 0.2) is 11.9 Å². The molecule has 7 heteroatoms. The number of aromatic nitrogens is 5. The molecule has 2 rings (SSSR count). The van der Waals surface area contributed by atoms with Gasteiger partial charge in [-0.2, -0.15) is 0 Å². The van der Waals surface area contributed by atoms with E-state index in [1.54, 1.807) is 4.57 Å². The van der Waals surface area contributed by atoms with Crippen molar-refractivity contribution in [2.45, 2.75) is 105 Å². The zero-order chi connectivity index (χ0) is 21.9. The lowest BCUT2D eigenvalue weighted by Crippen LogP contribution is -2.38. The lowest BCUT2D eigenvalue weighted by molar-refractivity contribution is -0.755. The monoisotopic (exact) mass is 418 g/mol. The van der Waals surface area contributed by atoms with Crippen molar-refractivity contribution >= 4 is 0 Å². The molecule has 0 amide bonds. The van der Waals surface area contributed by atoms with E-state index in [2.05, 4.69) is 29.4 Å². The molecule has 0 atom stereocenters. The lowest BCUT2D eigenvalue weighted by Gasteiger charge is -2.10. The van der Waals surface area contributed by atoms with Crippen LogP contribution in [0.2, 0.25) is 0 Å². The average molecular weight is 419 g/mol. The molecule has 0 radical (unpaired) electrons. The Labute approximate surface area is 180 Å². The van der Waals surface area contributed by atoms with Gasteiger partial charge in [0, 0.05) is 31.8 Å². The SMILES string of the molecule is CCCCc1c[n+](CCCCCCCn2c(C)cc(=O)n(C)c2=O)nn1CCCC. The maximum absolute atomic E-state index is 12.2. The van der Waals surface area contributed by atoms with Crippen molar-refractivity contribution in [3.8, 4) is 0 Å². The molecule has 0 saturated heterocycles. The molecular formula is C23H40N5O2+. The van der Waals surface area contributed by atoms with E-state index in [-0.39, 0.29) is 11.2 Å². The first-order chi connectivity index (χ1) is 14.5. The van der Waals surface area contributed by atoms with Crippen LogP contribution in [0.3, 0.4) is 0 Å². The first-order valence-corrected chi connectivity index (χ1v) is 11.7. The summed E-state index contributed by atoms with van der Waals surface area (Å²) in [5.74, 6) is 0. The smallest absolute Gasteiger partial charge is 0.298 e. The minimum Gasteiger partial charge on any atom is -0.298 e. The summed E-state index contributed by atoms with van der Waals surface area (Å²) >= 11 is 0. The van der Waals surface area contributed by atoms with E-state index in [4.69, 9.17) is 5.21 Å². The molecule has 0 fully saturated rings. The average Bonchev–Trinajstić information content (AvgIpc) is 3.12. The first-order valence-electron chi connectivity index (χ1n) is 11.7. The molecular weight excluding hydrogens is 378 g/mol. The Bertz CT molecular complexity index is 868. The second-order valence-corrected chi connectivity index (χ2v) is 8.34. The van der Waals surface area contributed by atoms with E-state index in [9.17, 15) is 9.59 Å². The van der Waals surface area contributed by atoms with E-state index in [1.165, 1.54) is 55.5 Å². The summed E-state index contributed by atoms with van der Waals surface area (Å²) in [5.41, 5.74) is 1.66. The van der Waals surface area contributed by atoms with Gasteiger partial charge in [0.2, 0.25) is 0 Å². The Morgan fingerprint density at radius 3 is 2.37 bits per heavy atom. The number of hydrogen-bond donors (Lipinski definition) is 0. The molecule has 30 heavy (non-hydrogen) atoms. The van der Waals surface area contributed by atoms with Gasteiger partial charge < -0.3 is 0 Å². The topological polar surface area (TPSA) is 65.7 Å². The van der Waals surface area contributed by atoms with Crippen molar-refractivity contribution in [3.63, 3.8) is 0 Å². The lowest BCUT2D eigenvalue weighted by atomic mass is 10.1. The van der Waals surface area contributed by atoms with E-state index in [0.29, 0.717) is 6.54 Å². The molecule has 2 aromatic heterocycles. The van der Waals surface area contributed by atoms with E-state index in [1.807, 2.05) is 6.92 Å². The predicted octanol–water partition coefficient (Wildman–Crippen LogP) is 3.13. The van der Waals surface area contributed by atoms with Crippen LogP contribution < -0.4 is 15.9 Å². The van der Waals surface area contributed by atoms with Crippen molar-refractivity contribution in [3.05, 3.63) is 44.5 Å². The molecule has 0 aliphatic heterocycles. The molecule has 2 heterocycles. The number of hydrogen-bond acceptors (Lipinski definition) is 3. The van der Waals surface area contributed by atoms with Crippen LogP contribution in [0.15, 0.2) is 21.9 Å². The number of nitrogens with zero attached hydrogens (tertiary/aromatic N) is 5. The van der Waals surface area contributed by atoms with Crippen LogP contribution >= 0.6 is 0 Å². The highest BCUT2D eigenvalue weighted by atomic mass is 16.2. The number of aryl methyl sites for hydroxylation is 4. The zero-order valence-electron chi connectivity index (χ0n) is 19.4. The van der Waals surface area contributed by atoms with Gasteiger partial charge >= 0.3 is 5.69 Å². The Balaban J connectivity index is 1.73. The third kappa shape index (κ3) is 6.96. The molecule has 7 nitrogen and oxygen atoms in total. The zero-order valence-corrected chi connectivity index (χ0v) is 19.4. The Kier molecular flexibility index (Phi) is 10.0. The molecule has 0 unspecified atom stereocenters. The molecule has 0 aromatic carbocycles. The van der Waals surface area contributed by atoms with Gasteiger partial charge in [0.1, 0.15) is 13.1 Å². The normalized spacial score (nSPS) is 11.3. The summed E-state index contributed by atoms with van der Waals surface area (Å²) in [4.78, 5) is 23.9. The summed E-state index contributed by atoms with van der Waals surface area (Å²) in [6.07, 6.45) is 13.6. The predicted molar refractivity (Wildman–Crippen MR) is 120 cm³/mol. The molecule has 168 valence electrons. The summed E-state index contributed by atoms with van der Waals surface area (Å²) < 4.78 is 7.21. The van der Waals surface area contributed by atoms with Crippen molar-refractivity contribution in [1.82, 2.24) is 19.0 Å². The van der Waals surface area contributed by atoms with Gasteiger partial charge in [-0.25, -0.2) is 4.79 Å². The van der Waals surface area contributed by atoms with Crippen LogP contribution in [0.25, 0.3) is 0 Å². The maximum atomic E-state index is 12.2. The largest absolute Gasteiger partial charge is 0.330 e. The van der Waals surface area contributed by atoms with Crippen molar-refractivity contribution < 1.29 is 4.68 Å². The van der Waals surface area contributed by atoms with Gasteiger partial charge in [-0.3, -0.25) is 13.9 Å². The highest BCUT2D eigenvalue weighted by Gasteiger charge is 2.14. The first kappa shape index (κ1) is 24.1. The van der Waals surface area contributed by atoms with Gasteiger partial charge in [0.05, 0.1) is 5.21 Å². The molecule has 0 bridgehead atoms. The highest BCUT2D eigenvalue weighted by molar-refractivity contribution is 4.99. The number of rotatable bonds is 14. The molecule has 2 aromatic rings. The molecule has 0 aliphatic carbocycles. The minimum atomic E-state index is -0.235. The van der Waals surface area contributed by atoms with Crippen LogP contribution in [-0.2, 0) is 33.1 Å². The fraction of sp³-hybridized carbons (Fsp3) is 0.739. The highest BCUT2D eigenvalue weighted by Crippen LogP contribution is 2.07. The third-order valence-corrected chi connectivity index (χ3v) is 5.74. The van der Waals surface area contributed by atoms with E-state index >= 15 is 0 Å². The minimum absolute atomic E-state index is 0.214. The van der Waals surface area contributed by atoms with Gasteiger partial charge in [-0.15, -0.1) is 9.36 Å². The van der Waals surface area contributed by atoms with E-state index in [0.717, 1.165) is 50.9 Å². The van der Waals surface area contributed by atoms with Crippen LogP contribution in [0.5, 0.6) is 0 Å². The van der Waals surface area contributed by atoms with Crippen molar-refractivity contribution in [1.29, 1.82) is 0 Å². The van der Waals surface area contributed by atoms with Gasteiger partial charge in [-0.05, 0) is 39.0 Å². The second-order valence-electron chi connectivity index (χ2n) is 8.34. The van der Waals surface area contributed by atoms with Crippen LogP contribution in [0.4, 0.5) is 0 Å².